The van der Waals surface area contributed by atoms with Crippen LogP contribution in [0.3, 0.4) is 0 Å². The second-order valence-corrected chi connectivity index (χ2v) is 7.27. The van der Waals surface area contributed by atoms with E-state index >= 15 is 0 Å². The number of hydrazone groups is 1. The van der Waals surface area contributed by atoms with Crippen molar-refractivity contribution >= 4 is 5.71 Å². The fourth-order valence-electron chi connectivity index (χ4n) is 4.15. The summed E-state index contributed by atoms with van der Waals surface area (Å²) in [6.07, 6.45) is 2.23. The molecule has 0 saturated heterocycles. The van der Waals surface area contributed by atoms with Crippen LogP contribution in [0, 0.1) is 0 Å². The zero-order valence-electron chi connectivity index (χ0n) is 15.7. The predicted octanol–water partition coefficient (Wildman–Crippen LogP) is 4.10. The fraction of sp³-hybridized carbons (Fsp3) is 0.217. The van der Waals surface area contributed by atoms with Crippen molar-refractivity contribution in [1.82, 2.24) is 9.99 Å². The highest BCUT2D eigenvalue weighted by Gasteiger charge is 2.41. The molecule has 3 aliphatic rings. The molecular weight excluding hydrogens is 366 g/mol. The highest BCUT2D eigenvalue weighted by molar-refractivity contribution is 6.02. The Morgan fingerprint density at radius 2 is 1.72 bits per heavy atom. The molecule has 6 heteroatoms. The van der Waals surface area contributed by atoms with E-state index in [0.717, 1.165) is 46.2 Å². The van der Waals surface area contributed by atoms with Gasteiger partial charge in [0, 0.05) is 23.7 Å². The van der Waals surface area contributed by atoms with E-state index in [-0.39, 0.29) is 12.3 Å². The predicted molar refractivity (Wildman–Crippen MR) is 107 cm³/mol. The first-order valence-electron chi connectivity index (χ1n) is 9.79. The second-order valence-electron chi connectivity index (χ2n) is 7.27. The monoisotopic (exact) mass is 385 g/mol. The molecule has 144 valence electrons. The molecule has 4 heterocycles. The lowest BCUT2D eigenvalue weighted by Gasteiger charge is -2.37. The molecule has 0 aliphatic carbocycles. The maximum atomic E-state index is 6.32. The normalized spacial score (nSPS) is 21.7. The topological polar surface area (TPSA) is 56.2 Å². The van der Waals surface area contributed by atoms with E-state index in [1.54, 1.807) is 6.20 Å². The summed E-state index contributed by atoms with van der Waals surface area (Å²) in [5, 5.41) is 7.01. The maximum Gasteiger partial charge on any atom is 0.230 e. The Morgan fingerprint density at radius 1 is 0.862 bits per heavy atom. The first kappa shape index (κ1) is 16.4. The molecular formula is C23H19N3O3. The molecule has 0 saturated carbocycles. The second kappa shape index (κ2) is 6.51. The number of ether oxygens (including phenoxy) is 3. The number of hydrogen-bond acceptors (Lipinski definition) is 6. The van der Waals surface area contributed by atoms with Gasteiger partial charge >= 0.3 is 0 Å². The zero-order chi connectivity index (χ0) is 19.2. The number of nitrogens with zero attached hydrogens (tertiary/aromatic N) is 3. The van der Waals surface area contributed by atoms with Crippen molar-refractivity contribution in [3.05, 3.63) is 83.7 Å². The van der Waals surface area contributed by atoms with Crippen LogP contribution in [0.2, 0.25) is 0 Å². The van der Waals surface area contributed by atoms with Gasteiger partial charge in [0.05, 0.1) is 11.8 Å². The third kappa shape index (κ3) is 2.71. The average Bonchev–Trinajstić information content (AvgIpc) is 3.25. The van der Waals surface area contributed by atoms with Crippen molar-refractivity contribution in [3.63, 3.8) is 0 Å². The highest BCUT2D eigenvalue weighted by atomic mass is 16.6. The van der Waals surface area contributed by atoms with Gasteiger partial charge < -0.3 is 14.2 Å². The highest BCUT2D eigenvalue weighted by Crippen LogP contribution is 2.47. The fourth-order valence-corrected chi connectivity index (χ4v) is 4.15. The number of rotatable bonds is 2. The Labute approximate surface area is 168 Å². The molecule has 2 aromatic carbocycles. The van der Waals surface area contributed by atoms with E-state index < -0.39 is 0 Å². The Balaban J connectivity index is 1.42. The summed E-state index contributed by atoms with van der Waals surface area (Å²) in [6.45, 7) is 1.16. The molecule has 0 spiro atoms. The molecule has 1 aromatic heterocycles. The molecule has 0 bridgehead atoms. The minimum atomic E-state index is -0.356. The number of fused-ring (bicyclic) bond motifs is 4. The lowest BCUT2D eigenvalue weighted by atomic mass is 9.96. The van der Waals surface area contributed by atoms with E-state index in [9.17, 15) is 0 Å². The number of hydrogen-bond donors (Lipinski definition) is 0. The molecule has 2 atom stereocenters. The SMILES string of the molecule is c1ccc([C@H]2Oc3ccccc3[C@H]3CC(c4ccc5c(c4)OCCO5)=NN32)nc1. The van der Waals surface area contributed by atoms with Gasteiger partial charge in [-0.25, -0.2) is 5.01 Å². The minimum absolute atomic E-state index is 0.107. The summed E-state index contributed by atoms with van der Waals surface area (Å²) in [5.74, 6) is 2.46. The Hall–Kier alpha value is -3.54. The minimum Gasteiger partial charge on any atom is -0.486 e. The largest absolute Gasteiger partial charge is 0.486 e. The summed E-state index contributed by atoms with van der Waals surface area (Å²) < 4.78 is 17.7. The first-order valence-corrected chi connectivity index (χ1v) is 9.79. The first-order chi connectivity index (χ1) is 14.4. The van der Waals surface area contributed by atoms with E-state index in [2.05, 4.69) is 11.1 Å². The Morgan fingerprint density at radius 3 is 2.62 bits per heavy atom. The van der Waals surface area contributed by atoms with Crippen molar-refractivity contribution in [2.24, 2.45) is 5.10 Å². The van der Waals surface area contributed by atoms with Crippen molar-refractivity contribution in [2.75, 3.05) is 13.2 Å². The Bertz CT molecular complexity index is 1100. The van der Waals surface area contributed by atoms with E-state index in [1.807, 2.05) is 59.6 Å². The van der Waals surface area contributed by atoms with Crippen LogP contribution in [0.25, 0.3) is 0 Å². The van der Waals surface area contributed by atoms with E-state index in [1.165, 1.54) is 0 Å². The number of aromatic nitrogens is 1. The van der Waals surface area contributed by atoms with Crippen molar-refractivity contribution in [3.8, 4) is 17.2 Å². The van der Waals surface area contributed by atoms with Gasteiger partial charge in [-0.1, -0.05) is 24.3 Å². The molecule has 0 fully saturated rings. The van der Waals surface area contributed by atoms with Crippen LogP contribution in [0.15, 0.2) is 72.0 Å². The van der Waals surface area contributed by atoms with Gasteiger partial charge in [0.25, 0.3) is 0 Å². The van der Waals surface area contributed by atoms with Crippen molar-refractivity contribution in [1.29, 1.82) is 0 Å². The molecule has 0 radical (unpaired) electrons. The van der Waals surface area contributed by atoms with Gasteiger partial charge in [-0.15, -0.1) is 0 Å². The van der Waals surface area contributed by atoms with E-state index in [4.69, 9.17) is 19.3 Å². The number of pyridine rings is 1. The van der Waals surface area contributed by atoms with Crippen molar-refractivity contribution < 1.29 is 14.2 Å². The molecule has 6 nitrogen and oxygen atoms in total. The van der Waals surface area contributed by atoms with Crippen LogP contribution in [-0.4, -0.2) is 28.9 Å². The summed E-state index contributed by atoms with van der Waals surface area (Å²) in [5.41, 5.74) is 4.05. The van der Waals surface area contributed by atoms with Crippen LogP contribution >= 0.6 is 0 Å². The lowest BCUT2D eigenvalue weighted by molar-refractivity contribution is -0.0218. The van der Waals surface area contributed by atoms with Gasteiger partial charge in [-0.3, -0.25) is 4.98 Å². The maximum absolute atomic E-state index is 6.32. The number of benzene rings is 2. The molecule has 0 amide bonds. The van der Waals surface area contributed by atoms with Crippen LogP contribution in [-0.2, 0) is 0 Å². The third-order valence-corrected chi connectivity index (χ3v) is 5.52. The standard InChI is InChI=1S/C23H19N3O3/c1-2-7-20-16(5-1)19-14-18(15-8-9-21-22(13-15)28-12-11-27-21)25-26(19)23(29-20)17-6-3-4-10-24-17/h1-10,13,19,23H,11-12,14H2/t19-,23-/m1/s1. The van der Waals surface area contributed by atoms with Crippen LogP contribution in [0.4, 0.5) is 0 Å². The average molecular weight is 385 g/mol. The van der Waals surface area contributed by atoms with Crippen LogP contribution in [0.5, 0.6) is 17.2 Å². The van der Waals surface area contributed by atoms with Gasteiger partial charge in [0.15, 0.2) is 11.5 Å². The van der Waals surface area contributed by atoms with Gasteiger partial charge in [0.2, 0.25) is 6.23 Å². The third-order valence-electron chi connectivity index (χ3n) is 5.52. The van der Waals surface area contributed by atoms with E-state index in [0.29, 0.717) is 13.2 Å². The lowest BCUT2D eigenvalue weighted by Crippen LogP contribution is -2.34. The van der Waals surface area contributed by atoms with Gasteiger partial charge in [-0.05, 0) is 36.4 Å². The summed E-state index contributed by atoms with van der Waals surface area (Å²) in [6, 6.07) is 20.2. The smallest absolute Gasteiger partial charge is 0.230 e. The summed E-state index contributed by atoms with van der Waals surface area (Å²) in [4.78, 5) is 4.52. The molecule has 3 aliphatic heterocycles. The molecule has 29 heavy (non-hydrogen) atoms. The molecule has 6 rings (SSSR count). The quantitative estimate of drug-likeness (QED) is 0.665. The summed E-state index contributed by atoms with van der Waals surface area (Å²) >= 11 is 0. The summed E-state index contributed by atoms with van der Waals surface area (Å²) in [7, 11) is 0. The van der Waals surface area contributed by atoms with Gasteiger partial charge in [-0.2, -0.15) is 5.10 Å². The van der Waals surface area contributed by atoms with Crippen LogP contribution < -0.4 is 14.2 Å². The molecule has 0 N–H and O–H groups in total. The zero-order valence-corrected chi connectivity index (χ0v) is 15.7. The van der Waals surface area contributed by atoms with Crippen molar-refractivity contribution in [2.45, 2.75) is 18.7 Å². The molecule has 3 aromatic rings. The number of para-hydroxylation sites is 1. The van der Waals surface area contributed by atoms with Gasteiger partial charge in [0.1, 0.15) is 24.7 Å². The Kier molecular flexibility index (Phi) is 3.69. The molecule has 0 unspecified atom stereocenters. The van der Waals surface area contributed by atoms with Crippen LogP contribution in [0.1, 0.15) is 35.5 Å².